The zero-order valence-electron chi connectivity index (χ0n) is 12.4. The number of hydrogen-bond acceptors (Lipinski definition) is 3. The molecular weight excluding hydrogens is 290 g/mol. The summed E-state index contributed by atoms with van der Waals surface area (Å²) >= 11 is 0. The van der Waals surface area contributed by atoms with Crippen molar-refractivity contribution in [3.63, 3.8) is 0 Å². The number of rotatable bonds is 4. The highest BCUT2D eigenvalue weighted by Gasteiger charge is 2.40. The van der Waals surface area contributed by atoms with E-state index in [1.54, 1.807) is 6.07 Å². The van der Waals surface area contributed by atoms with Gasteiger partial charge in [-0.05, 0) is 37.5 Å². The van der Waals surface area contributed by atoms with Gasteiger partial charge in [0.25, 0.3) is 6.43 Å². The first-order chi connectivity index (χ1) is 10.5. The molecule has 0 spiro atoms. The molecule has 3 rings (SSSR count). The molecule has 1 aromatic heterocycles. The fourth-order valence-corrected chi connectivity index (χ4v) is 3.90. The Labute approximate surface area is 128 Å². The maximum absolute atomic E-state index is 12.4. The molecule has 1 aromatic rings. The van der Waals surface area contributed by atoms with Crippen molar-refractivity contribution in [3.05, 3.63) is 12.3 Å². The Balaban J connectivity index is 1.59. The first kappa shape index (κ1) is 15.4. The van der Waals surface area contributed by atoms with Gasteiger partial charge in [0, 0.05) is 24.2 Å². The molecule has 2 saturated carbocycles. The first-order valence-corrected chi connectivity index (χ1v) is 7.91. The summed E-state index contributed by atoms with van der Waals surface area (Å²) < 4.78 is 25.7. The minimum Gasteiger partial charge on any atom is -0.327 e. The lowest BCUT2D eigenvalue weighted by molar-refractivity contribution is -0.122. The van der Waals surface area contributed by atoms with Crippen molar-refractivity contribution in [3.8, 4) is 0 Å². The van der Waals surface area contributed by atoms with Gasteiger partial charge in [0.05, 0.1) is 0 Å². The van der Waals surface area contributed by atoms with Gasteiger partial charge in [0.1, 0.15) is 6.54 Å². The molecule has 122 valence electrons. The third-order valence-corrected chi connectivity index (χ3v) is 5.00. The third kappa shape index (κ3) is 3.29. The van der Waals surface area contributed by atoms with Crippen LogP contribution in [0.2, 0.25) is 0 Å². The highest BCUT2D eigenvalue weighted by Crippen LogP contribution is 2.42. The Kier molecular flexibility index (Phi) is 4.42. The average molecular weight is 312 g/mol. The summed E-state index contributed by atoms with van der Waals surface area (Å²) in [5.74, 6) is 1.09. The van der Waals surface area contributed by atoms with Crippen LogP contribution in [0.4, 0.5) is 14.6 Å². The fourth-order valence-electron chi connectivity index (χ4n) is 3.90. The lowest BCUT2D eigenvalue weighted by atomic mass is 9.65. The quantitative estimate of drug-likeness (QED) is 0.895. The van der Waals surface area contributed by atoms with Crippen molar-refractivity contribution in [2.24, 2.45) is 23.5 Å². The Morgan fingerprint density at radius 3 is 2.73 bits per heavy atom. The largest absolute Gasteiger partial charge is 0.327 e. The number of amides is 1. The van der Waals surface area contributed by atoms with Gasteiger partial charge in [0.2, 0.25) is 5.91 Å². The van der Waals surface area contributed by atoms with Gasteiger partial charge in [0.15, 0.2) is 5.82 Å². The van der Waals surface area contributed by atoms with Crippen LogP contribution in [0.5, 0.6) is 0 Å². The Bertz CT molecular complexity index is 519. The molecule has 3 N–H and O–H groups in total. The number of halogens is 2. The summed E-state index contributed by atoms with van der Waals surface area (Å²) in [4.78, 5) is 12.4. The van der Waals surface area contributed by atoms with E-state index in [0.717, 1.165) is 30.4 Å². The second-order valence-electron chi connectivity index (χ2n) is 6.50. The zero-order chi connectivity index (χ0) is 15.7. The van der Waals surface area contributed by atoms with Crippen molar-refractivity contribution < 1.29 is 13.6 Å². The summed E-state index contributed by atoms with van der Waals surface area (Å²) in [6, 6.07) is 1.78. The smallest absolute Gasteiger partial charge is 0.257 e. The molecule has 0 radical (unpaired) electrons. The second kappa shape index (κ2) is 6.32. The first-order valence-electron chi connectivity index (χ1n) is 7.91. The van der Waals surface area contributed by atoms with Crippen molar-refractivity contribution in [2.75, 3.05) is 5.32 Å². The number of anilines is 1. The lowest BCUT2D eigenvalue weighted by Crippen LogP contribution is -2.48. The van der Waals surface area contributed by atoms with E-state index >= 15 is 0 Å². The van der Waals surface area contributed by atoms with Crippen molar-refractivity contribution in [1.29, 1.82) is 0 Å². The summed E-state index contributed by atoms with van der Waals surface area (Å²) in [7, 11) is 0. The summed E-state index contributed by atoms with van der Waals surface area (Å²) in [6.45, 7) is -0.460. The normalized spacial score (nSPS) is 31.3. The molecule has 2 atom stereocenters. The van der Waals surface area contributed by atoms with E-state index < -0.39 is 13.0 Å². The number of aromatic nitrogens is 2. The third-order valence-electron chi connectivity index (χ3n) is 5.00. The van der Waals surface area contributed by atoms with Gasteiger partial charge in [-0.1, -0.05) is 6.42 Å². The average Bonchev–Trinajstić information content (AvgIpc) is 2.84. The monoisotopic (exact) mass is 312 g/mol. The number of alkyl halides is 2. The zero-order valence-corrected chi connectivity index (χ0v) is 12.4. The Morgan fingerprint density at radius 1 is 1.41 bits per heavy atom. The summed E-state index contributed by atoms with van der Waals surface area (Å²) in [6.07, 6.45) is 4.04. The summed E-state index contributed by atoms with van der Waals surface area (Å²) in [5, 5.41) is 6.71. The van der Waals surface area contributed by atoms with Crippen LogP contribution < -0.4 is 11.1 Å². The molecule has 1 heterocycles. The van der Waals surface area contributed by atoms with Gasteiger partial charge in [-0.15, -0.1) is 0 Å². The van der Waals surface area contributed by atoms with E-state index in [1.807, 2.05) is 0 Å². The van der Waals surface area contributed by atoms with E-state index in [1.165, 1.54) is 12.6 Å². The van der Waals surface area contributed by atoms with E-state index in [2.05, 4.69) is 10.4 Å². The fraction of sp³-hybridized carbons (Fsp3) is 0.733. The Hall–Kier alpha value is -1.50. The highest BCUT2D eigenvalue weighted by molar-refractivity contribution is 5.91. The predicted molar refractivity (Wildman–Crippen MR) is 78.4 cm³/mol. The van der Waals surface area contributed by atoms with E-state index in [9.17, 15) is 13.6 Å². The van der Waals surface area contributed by atoms with Crippen molar-refractivity contribution in [1.82, 2.24) is 9.78 Å². The van der Waals surface area contributed by atoms with Crippen LogP contribution in [0, 0.1) is 17.8 Å². The van der Waals surface area contributed by atoms with E-state index in [4.69, 9.17) is 5.73 Å². The molecule has 2 aliphatic rings. The molecule has 0 saturated heterocycles. The molecular formula is C15H22F2N4O. The van der Waals surface area contributed by atoms with Gasteiger partial charge in [-0.3, -0.25) is 9.48 Å². The number of nitrogens with one attached hydrogen (secondary N) is 1. The minimum atomic E-state index is -2.46. The molecule has 2 aliphatic carbocycles. The maximum atomic E-state index is 12.4. The van der Waals surface area contributed by atoms with Crippen LogP contribution in [-0.2, 0) is 11.3 Å². The van der Waals surface area contributed by atoms with Crippen LogP contribution in [-0.4, -0.2) is 28.2 Å². The van der Waals surface area contributed by atoms with Crippen LogP contribution in [0.25, 0.3) is 0 Å². The number of carbonyl (C=O) groups is 1. The SMILES string of the molecule is NC1C2CCCC1CC(C(=O)Nc1ccn(CC(F)F)n1)C2. The topological polar surface area (TPSA) is 72.9 Å². The van der Waals surface area contributed by atoms with Crippen LogP contribution in [0.1, 0.15) is 32.1 Å². The number of carbonyl (C=O) groups excluding carboxylic acids is 1. The van der Waals surface area contributed by atoms with E-state index in [0.29, 0.717) is 17.7 Å². The predicted octanol–water partition coefficient (Wildman–Crippen LogP) is 2.24. The Morgan fingerprint density at radius 2 is 2.09 bits per heavy atom. The van der Waals surface area contributed by atoms with Crippen LogP contribution in [0.3, 0.4) is 0 Å². The second-order valence-corrected chi connectivity index (χ2v) is 6.50. The lowest BCUT2D eigenvalue weighted by Gasteiger charge is -2.43. The van der Waals surface area contributed by atoms with Gasteiger partial charge >= 0.3 is 0 Å². The van der Waals surface area contributed by atoms with Gasteiger partial charge in [-0.25, -0.2) is 8.78 Å². The number of nitrogens with two attached hydrogens (primary N) is 1. The van der Waals surface area contributed by atoms with Gasteiger partial charge in [-0.2, -0.15) is 5.10 Å². The molecule has 2 fully saturated rings. The number of hydrogen-bond donors (Lipinski definition) is 2. The summed E-state index contributed by atoms with van der Waals surface area (Å²) in [5.41, 5.74) is 6.23. The highest BCUT2D eigenvalue weighted by atomic mass is 19.3. The molecule has 1 amide bonds. The van der Waals surface area contributed by atoms with Crippen molar-refractivity contribution in [2.45, 2.75) is 51.1 Å². The molecule has 0 aromatic carbocycles. The molecule has 2 unspecified atom stereocenters. The number of nitrogens with zero attached hydrogens (tertiary/aromatic N) is 2. The maximum Gasteiger partial charge on any atom is 0.257 e. The van der Waals surface area contributed by atoms with Gasteiger partial charge < -0.3 is 11.1 Å². The van der Waals surface area contributed by atoms with Crippen LogP contribution >= 0.6 is 0 Å². The standard InChI is InChI=1S/C15H22F2N4O/c16-12(17)8-21-5-4-13(20-21)19-15(22)11-6-9-2-1-3-10(7-11)14(9)18/h4-5,9-12,14H,1-3,6-8,18H2,(H,19,20,22). The molecule has 7 heteroatoms. The molecule has 5 nitrogen and oxygen atoms in total. The van der Waals surface area contributed by atoms with Crippen molar-refractivity contribution >= 4 is 11.7 Å². The van der Waals surface area contributed by atoms with E-state index in [-0.39, 0.29) is 17.9 Å². The molecule has 2 bridgehead atoms. The molecule has 22 heavy (non-hydrogen) atoms. The minimum absolute atomic E-state index is 0.0460. The number of fused-ring (bicyclic) bond motifs is 2. The van der Waals surface area contributed by atoms with Crippen LogP contribution in [0.15, 0.2) is 12.3 Å². The molecule has 0 aliphatic heterocycles.